The van der Waals surface area contributed by atoms with Gasteiger partial charge >= 0.3 is 0 Å². The zero-order chi connectivity index (χ0) is 16.9. The number of carbonyl (C=O) groups is 1. The van der Waals surface area contributed by atoms with E-state index in [2.05, 4.69) is 15.6 Å². The molecule has 1 aromatic heterocycles. The van der Waals surface area contributed by atoms with Crippen LogP contribution >= 0.6 is 0 Å². The fourth-order valence-electron chi connectivity index (χ4n) is 3.12. The second kappa shape index (κ2) is 7.45. The summed E-state index contributed by atoms with van der Waals surface area (Å²) in [6.07, 6.45) is 3.95. The van der Waals surface area contributed by atoms with E-state index in [0.29, 0.717) is 22.9 Å². The average molecular weight is 325 g/mol. The van der Waals surface area contributed by atoms with Crippen molar-refractivity contribution in [1.29, 1.82) is 0 Å². The first-order chi connectivity index (χ1) is 11.7. The van der Waals surface area contributed by atoms with Crippen LogP contribution in [0.25, 0.3) is 0 Å². The molecule has 1 aliphatic rings. The maximum absolute atomic E-state index is 12.5. The highest BCUT2D eigenvalue weighted by atomic mass is 16.5. The Bertz CT molecular complexity index is 707. The van der Waals surface area contributed by atoms with E-state index in [1.54, 1.807) is 19.4 Å². The fraction of sp³-hybridized carbons (Fsp3) is 0.368. The van der Waals surface area contributed by atoms with Gasteiger partial charge in [0.25, 0.3) is 5.91 Å². The van der Waals surface area contributed by atoms with Crippen LogP contribution in [0.15, 0.2) is 36.5 Å². The molecular weight excluding hydrogens is 302 g/mol. The van der Waals surface area contributed by atoms with Crippen molar-refractivity contribution in [2.24, 2.45) is 5.92 Å². The summed E-state index contributed by atoms with van der Waals surface area (Å²) in [7, 11) is 1.58. The number of aromatic nitrogens is 1. The van der Waals surface area contributed by atoms with Gasteiger partial charge in [-0.25, -0.2) is 0 Å². The van der Waals surface area contributed by atoms with Gasteiger partial charge in [0.1, 0.15) is 0 Å². The van der Waals surface area contributed by atoms with Crippen LogP contribution in [0.2, 0.25) is 0 Å². The van der Waals surface area contributed by atoms with Crippen LogP contribution in [0.5, 0.6) is 5.75 Å². The first kappa shape index (κ1) is 16.5. The van der Waals surface area contributed by atoms with Crippen LogP contribution in [-0.4, -0.2) is 31.1 Å². The number of pyridine rings is 1. The van der Waals surface area contributed by atoms with Gasteiger partial charge in [0.2, 0.25) is 0 Å². The molecule has 2 aromatic rings. The lowest BCUT2D eigenvalue weighted by Gasteiger charge is -2.12. The summed E-state index contributed by atoms with van der Waals surface area (Å²) in [4.78, 5) is 16.6. The van der Waals surface area contributed by atoms with E-state index >= 15 is 0 Å². The van der Waals surface area contributed by atoms with E-state index < -0.39 is 0 Å². The Morgan fingerprint density at radius 1 is 1.33 bits per heavy atom. The number of carbonyl (C=O) groups excluding carboxylic acids is 1. The van der Waals surface area contributed by atoms with Crippen LogP contribution in [0.4, 0.5) is 5.69 Å². The molecule has 2 heterocycles. The third-order valence-electron chi connectivity index (χ3n) is 4.44. The molecular formula is C19H23N3O2. The molecule has 1 atom stereocenters. The van der Waals surface area contributed by atoms with Gasteiger partial charge in [-0.15, -0.1) is 0 Å². The molecule has 126 valence electrons. The first-order valence-corrected chi connectivity index (χ1v) is 8.28. The normalized spacial score (nSPS) is 16.8. The molecule has 1 aromatic carbocycles. The van der Waals surface area contributed by atoms with Crippen LogP contribution in [-0.2, 0) is 6.42 Å². The molecule has 1 amide bonds. The van der Waals surface area contributed by atoms with Gasteiger partial charge in [-0.1, -0.05) is 12.1 Å². The van der Waals surface area contributed by atoms with Crippen molar-refractivity contribution < 1.29 is 9.53 Å². The SMILES string of the molecule is COc1c(NC(=O)c2ccc(CC3CCNC3)cc2)ccnc1C. The van der Waals surface area contributed by atoms with Gasteiger partial charge in [0.05, 0.1) is 18.5 Å². The van der Waals surface area contributed by atoms with Crippen LogP contribution in [0.3, 0.4) is 0 Å². The second-order valence-corrected chi connectivity index (χ2v) is 6.19. The van der Waals surface area contributed by atoms with Gasteiger partial charge in [-0.05, 0) is 62.5 Å². The summed E-state index contributed by atoms with van der Waals surface area (Å²) < 4.78 is 5.32. The number of ether oxygens (including phenoxy) is 1. The van der Waals surface area contributed by atoms with E-state index in [0.717, 1.165) is 25.2 Å². The van der Waals surface area contributed by atoms with Crippen molar-refractivity contribution >= 4 is 11.6 Å². The zero-order valence-corrected chi connectivity index (χ0v) is 14.1. The van der Waals surface area contributed by atoms with Crippen molar-refractivity contribution in [2.75, 3.05) is 25.5 Å². The summed E-state index contributed by atoms with van der Waals surface area (Å²) >= 11 is 0. The summed E-state index contributed by atoms with van der Waals surface area (Å²) in [5.74, 6) is 1.15. The maximum atomic E-state index is 12.5. The molecule has 24 heavy (non-hydrogen) atoms. The lowest BCUT2D eigenvalue weighted by Crippen LogP contribution is -2.14. The number of methoxy groups -OCH3 is 1. The predicted octanol–water partition coefficient (Wildman–Crippen LogP) is 2.80. The topological polar surface area (TPSA) is 63.2 Å². The van der Waals surface area contributed by atoms with Gasteiger partial charge in [-0.3, -0.25) is 9.78 Å². The maximum Gasteiger partial charge on any atom is 0.255 e. The molecule has 2 N–H and O–H groups in total. The number of nitrogens with zero attached hydrogens (tertiary/aromatic N) is 1. The highest BCUT2D eigenvalue weighted by Gasteiger charge is 2.15. The Morgan fingerprint density at radius 2 is 2.12 bits per heavy atom. The summed E-state index contributed by atoms with van der Waals surface area (Å²) in [6.45, 7) is 4.04. The molecule has 0 bridgehead atoms. The van der Waals surface area contributed by atoms with E-state index in [1.807, 2.05) is 31.2 Å². The minimum Gasteiger partial charge on any atom is -0.493 e. The summed E-state index contributed by atoms with van der Waals surface area (Å²) in [5, 5.41) is 6.28. The number of rotatable bonds is 5. The first-order valence-electron chi connectivity index (χ1n) is 8.28. The highest BCUT2D eigenvalue weighted by Crippen LogP contribution is 2.26. The van der Waals surface area contributed by atoms with E-state index in [4.69, 9.17) is 4.74 Å². The molecule has 1 aliphatic heterocycles. The molecule has 5 nitrogen and oxygen atoms in total. The Balaban J connectivity index is 1.68. The number of benzene rings is 1. The standard InChI is InChI=1S/C19H23N3O2/c1-13-18(24-2)17(8-10-21-13)22-19(23)16-5-3-14(4-6-16)11-15-7-9-20-12-15/h3-6,8,10,15,20H,7,9,11-12H2,1-2H3,(H,21,22,23). The molecule has 0 spiro atoms. The molecule has 1 saturated heterocycles. The summed E-state index contributed by atoms with van der Waals surface area (Å²) in [6, 6.07) is 9.59. The second-order valence-electron chi connectivity index (χ2n) is 6.19. The van der Waals surface area contributed by atoms with Gasteiger partial charge < -0.3 is 15.4 Å². The lowest BCUT2D eigenvalue weighted by molar-refractivity contribution is 0.102. The molecule has 1 unspecified atom stereocenters. The largest absolute Gasteiger partial charge is 0.493 e. The van der Waals surface area contributed by atoms with Crippen molar-refractivity contribution in [1.82, 2.24) is 10.3 Å². The quantitative estimate of drug-likeness (QED) is 0.887. The number of anilines is 1. The Hall–Kier alpha value is -2.40. The smallest absolute Gasteiger partial charge is 0.255 e. The lowest BCUT2D eigenvalue weighted by atomic mass is 9.98. The van der Waals surface area contributed by atoms with E-state index in [1.165, 1.54) is 12.0 Å². The third-order valence-corrected chi connectivity index (χ3v) is 4.44. The summed E-state index contributed by atoms with van der Waals surface area (Å²) in [5.41, 5.74) is 3.30. The minimum absolute atomic E-state index is 0.145. The zero-order valence-electron chi connectivity index (χ0n) is 14.1. The predicted molar refractivity (Wildman–Crippen MR) is 94.6 cm³/mol. The molecule has 0 saturated carbocycles. The number of aryl methyl sites for hydroxylation is 1. The van der Waals surface area contributed by atoms with Crippen LogP contribution in [0.1, 0.15) is 28.0 Å². The molecule has 1 fully saturated rings. The Morgan fingerprint density at radius 3 is 2.79 bits per heavy atom. The Kier molecular flexibility index (Phi) is 5.11. The average Bonchev–Trinajstić information content (AvgIpc) is 3.09. The fourth-order valence-corrected chi connectivity index (χ4v) is 3.12. The Labute approximate surface area is 142 Å². The van der Waals surface area contributed by atoms with Crippen molar-refractivity contribution in [3.05, 3.63) is 53.3 Å². The van der Waals surface area contributed by atoms with Crippen molar-refractivity contribution in [3.63, 3.8) is 0 Å². The number of hydrogen-bond acceptors (Lipinski definition) is 4. The van der Waals surface area contributed by atoms with Crippen molar-refractivity contribution in [2.45, 2.75) is 19.8 Å². The highest BCUT2D eigenvalue weighted by molar-refractivity contribution is 6.05. The number of hydrogen-bond donors (Lipinski definition) is 2. The molecule has 5 heteroatoms. The number of nitrogens with one attached hydrogen (secondary N) is 2. The van der Waals surface area contributed by atoms with Crippen molar-refractivity contribution in [3.8, 4) is 5.75 Å². The monoisotopic (exact) mass is 325 g/mol. The van der Waals surface area contributed by atoms with Gasteiger partial charge in [0.15, 0.2) is 5.75 Å². The van der Waals surface area contributed by atoms with Gasteiger partial charge in [-0.2, -0.15) is 0 Å². The minimum atomic E-state index is -0.145. The van der Waals surface area contributed by atoms with Crippen LogP contribution < -0.4 is 15.4 Å². The van der Waals surface area contributed by atoms with E-state index in [-0.39, 0.29) is 5.91 Å². The van der Waals surface area contributed by atoms with Crippen LogP contribution in [0, 0.1) is 12.8 Å². The number of amides is 1. The third kappa shape index (κ3) is 3.74. The molecule has 3 rings (SSSR count). The molecule has 0 radical (unpaired) electrons. The molecule has 0 aliphatic carbocycles. The van der Waals surface area contributed by atoms with Gasteiger partial charge in [0, 0.05) is 11.8 Å². The van der Waals surface area contributed by atoms with E-state index in [9.17, 15) is 4.79 Å².